The lowest BCUT2D eigenvalue weighted by atomic mass is 10.0. The van der Waals surface area contributed by atoms with E-state index in [1.165, 1.54) is 18.4 Å². The van der Waals surface area contributed by atoms with Gasteiger partial charge in [0.15, 0.2) is 0 Å². The van der Waals surface area contributed by atoms with Gasteiger partial charge < -0.3 is 15.8 Å². The molecule has 1 aromatic rings. The molecule has 0 aromatic heterocycles. The van der Waals surface area contributed by atoms with Crippen molar-refractivity contribution in [1.82, 2.24) is 5.32 Å². The highest BCUT2D eigenvalue weighted by Gasteiger charge is 2.09. The first kappa shape index (κ1) is 15.7. The smallest absolute Gasteiger partial charge is 0.243 e. The molecule has 1 unspecified atom stereocenters. The highest BCUT2D eigenvalue weighted by Crippen LogP contribution is 2.18. The molecule has 1 amide bonds. The van der Waals surface area contributed by atoms with Crippen molar-refractivity contribution in [2.24, 2.45) is 5.73 Å². The molecule has 0 saturated carbocycles. The molecule has 1 atom stereocenters. The van der Waals surface area contributed by atoms with E-state index in [2.05, 4.69) is 36.5 Å². The molecule has 106 valence electrons. The van der Waals surface area contributed by atoms with Gasteiger partial charge in [-0.25, -0.2) is 0 Å². The quantitative estimate of drug-likeness (QED) is 0.635. The largest absolute Gasteiger partial charge is 0.370 e. The Bertz CT molecular complexity index is 354. The fraction of sp³-hybridized carbons (Fsp3) is 0.533. The number of primary amides is 1. The lowest BCUT2D eigenvalue weighted by Gasteiger charge is -2.19. The van der Waals surface area contributed by atoms with Crippen molar-refractivity contribution in [2.75, 3.05) is 19.8 Å². The SMILES string of the molecule is CCCCC(NCCOCC(N)=O)c1ccccc1. The van der Waals surface area contributed by atoms with Gasteiger partial charge in [0.05, 0.1) is 6.61 Å². The minimum atomic E-state index is -0.425. The molecule has 1 rings (SSSR count). The van der Waals surface area contributed by atoms with Crippen LogP contribution in [-0.2, 0) is 9.53 Å². The molecular weight excluding hydrogens is 240 g/mol. The molecule has 0 saturated heterocycles. The Hall–Kier alpha value is -1.39. The maximum absolute atomic E-state index is 10.5. The van der Waals surface area contributed by atoms with Crippen LogP contribution in [0, 0.1) is 0 Å². The molecule has 19 heavy (non-hydrogen) atoms. The standard InChI is InChI=1S/C15H24N2O2/c1-2-3-9-14(13-7-5-4-6-8-13)17-10-11-19-12-15(16)18/h4-8,14,17H,2-3,9-12H2,1H3,(H2,16,18). The summed E-state index contributed by atoms with van der Waals surface area (Å²) in [6, 6.07) is 10.8. The van der Waals surface area contributed by atoms with Crippen LogP contribution in [0.15, 0.2) is 30.3 Å². The Kier molecular flexibility index (Phi) is 7.86. The molecule has 1 aromatic carbocycles. The van der Waals surface area contributed by atoms with Crippen molar-refractivity contribution in [3.63, 3.8) is 0 Å². The van der Waals surface area contributed by atoms with Crippen molar-refractivity contribution in [2.45, 2.75) is 32.2 Å². The lowest BCUT2D eigenvalue weighted by molar-refractivity contribution is -0.122. The predicted octanol–water partition coefficient (Wildman–Crippen LogP) is 2.01. The molecule has 0 spiro atoms. The van der Waals surface area contributed by atoms with E-state index in [9.17, 15) is 4.79 Å². The number of carbonyl (C=O) groups excluding carboxylic acids is 1. The van der Waals surface area contributed by atoms with Gasteiger partial charge in [0.1, 0.15) is 6.61 Å². The molecular formula is C15H24N2O2. The van der Waals surface area contributed by atoms with E-state index in [1.54, 1.807) is 0 Å². The van der Waals surface area contributed by atoms with Crippen LogP contribution in [0.25, 0.3) is 0 Å². The molecule has 0 aliphatic carbocycles. The molecule has 0 heterocycles. The number of benzene rings is 1. The van der Waals surface area contributed by atoms with E-state index in [1.807, 2.05) is 6.07 Å². The van der Waals surface area contributed by atoms with E-state index < -0.39 is 5.91 Å². The first-order chi connectivity index (χ1) is 9.24. The van der Waals surface area contributed by atoms with Crippen LogP contribution in [0.1, 0.15) is 37.8 Å². The van der Waals surface area contributed by atoms with Crippen molar-refractivity contribution < 1.29 is 9.53 Å². The Labute approximate surface area is 115 Å². The average molecular weight is 264 g/mol. The van der Waals surface area contributed by atoms with E-state index in [4.69, 9.17) is 10.5 Å². The molecule has 0 bridgehead atoms. The van der Waals surface area contributed by atoms with Gasteiger partial charge in [-0.15, -0.1) is 0 Å². The number of unbranched alkanes of at least 4 members (excludes halogenated alkanes) is 1. The fourth-order valence-electron chi connectivity index (χ4n) is 1.96. The maximum Gasteiger partial charge on any atom is 0.243 e. The van der Waals surface area contributed by atoms with Gasteiger partial charge in [0, 0.05) is 12.6 Å². The summed E-state index contributed by atoms with van der Waals surface area (Å²) >= 11 is 0. The Morgan fingerprint density at radius 3 is 2.74 bits per heavy atom. The molecule has 3 N–H and O–H groups in total. The van der Waals surface area contributed by atoms with Crippen molar-refractivity contribution in [3.8, 4) is 0 Å². The summed E-state index contributed by atoms with van der Waals surface area (Å²) in [4.78, 5) is 10.5. The minimum Gasteiger partial charge on any atom is -0.370 e. The van der Waals surface area contributed by atoms with Gasteiger partial charge in [-0.05, 0) is 12.0 Å². The normalized spacial score (nSPS) is 12.3. The fourth-order valence-corrected chi connectivity index (χ4v) is 1.96. The summed E-state index contributed by atoms with van der Waals surface area (Å²) in [5, 5.41) is 3.47. The number of hydrogen-bond donors (Lipinski definition) is 2. The van der Waals surface area contributed by atoms with Gasteiger partial charge in [-0.1, -0.05) is 50.1 Å². The lowest BCUT2D eigenvalue weighted by Crippen LogP contribution is -2.27. The number of carbonyl (C=O) groups is 1. The summed E-state index contributed by atoms with van der Waals surface area (Å²) in [6.07, 6.45) is 3.48. The van der Waals surface area contributed by atoms with E-state index >= 15 is 0 Å². The van der Waals surface area contributed by atoms with E-state index in [-0.39, 0.29) is 6.61 Å². The Morgan fingerprint density at radius 1 is 1.37 bits per heavy atom. The zero-order valence-corrected chi connectivity index (χ0v) is 11.6. The van der Waals surface area contributed by atoms with Gasteiger partial charge in [0.2, 0.25) is 5.91 Å². The molecule has 0 radical (unpaired) electrons. The summed E-state index contributed by atoms with van der Waals surface area (Å²) in [7, 11) is 0. The molecule has 4 heteroatoms. The third-order valence-corrected chi connectivity index (χ3v) is 2.93. The van der Waals surface area contributed by atoms with Crippen LogP contribution >= 0.6 is 0 Å². The third-order valence-electron chi connectivity index (χ3n) is 2.93. The molecule has 0 fully saturated rings. The van der Waals surface area contributed by atoms with Gasteiger partial charge >= 0.3 is 0 Å². The van der Waals surface area contributed by atoms with Crippen LogP contribution in [0.5, 0.6) is 0 Å². The predicted molar refractivity (Wildman–Crippen MR) is 76.7 cm³/mol. The Morgan fingerprint density at radius 2 is 2.11 bits per heavy atom. The third kappa shape index (κ3) is 6.94. The number of amides is 1. The summed E-state index contributed by atoms with van der Waals surface area (Å²) < 4.78 is 5.15. The van der Waals surface area contributed by atoms with E-state index in [0.717, 1.165) is 13.0 Å². The summed E-state index contributed by atoms with van der Waals surface area (Å²) in [5.74, 6) is -0.425. The van der Waals surface area contributed by atoms with Crippen LogP contribution in [0.2, 0.25) is 0 Å². The van der Waals surface area contributed by atoms with Crippen LogP contribution in [0.4, 0.5) is 0 Å². The monoisotopic (exact) mass is 264 g/mol. The van der Waals surface area contributed by atoms with Gasteiger partial charge in [-0.3, -0.25) is 4.79 Å². The van der Waals surface area contributed by atoms with Crippen LogP contribution < -0.4 is 11.1 Å². The molecule has 0 aliphatic heterocycles. The number of hydrogen-bond acceptors (Lipinski definition) is 3. The number of nitrogens with two attached hydrogens (primary N) is 1. The van der Waals surface area contributed by atoms with Crippen molar-refractivity contribution in [1.29, 1.82) is 0 Å². The maximum atomic E-state index is 10.5. The number of rotatable bonds is 10. The van der Waals surface area contributed by atoms with Crippen molar-refractivity contribution in [3.05, 3.63) is 35.9 Å². The number of ether oxygens (including phenoxy) is 1. The van der Waals surface area contributed by atoms with Gasteiger partial charge in [-0.2, -0.15) is 0 Å². The zero-order valence-electron chi connectivity index (χ0n) is 11.6. The highest BCUT2D eigenvalue weighted by atomic mass is 16.5. The Balaban J connectivity index is 2.36. The average Bonchev–Trinajstić information content (AvgIpc) is 2.42. The summed E-state index contributed by atoms with van der Waals surface area (Å²) in [5.41, 5.74) is 6.30. The minimum absolute atomic E-state index is 0.00730. The van der Waals surface area contributed by atoms with Crippen LogP contribution in [0.3, 0.4) is 0 Å². The zero-order chi connectivity index (χ0) is 13.9. The van der Waals surface area contributed by atoms with E-state index in [0.29, 0.717) is 12.6 Å². The first-order valence-electron chi connectivity index (χ1n) is 6.88. The second kappa shape index (κ2) is 9.53. The second-order valence-electron chi connectivity index (χ2n) is 4.58. The molecule has 0 aliphatic rings. The number of nitrogens with one attached hydrogen (secondary N) is 1. The first-order valence-corrected chi connectivity index (χ1v) is 6.88. The second-order valence-corrected chi connectivity index (χ2v) is 4.58. The highest BCUT2D eigenvalue weighted by molar-refractivity contribution is 5.74. The van der Waals surface area contributed by atoms with Gasteiger partial charge in [0.25, 0.3) is 0 Å². The topological polar surface area (TPSA) is 64.3 Å². The summed E-state index contributed by atoms with van der Waals surface area (Å²) in [6.45, 7) is 3.40. The van der Waals surface area contributed by atoms with Crippen molar-refractivity contribution >= 4 is 5.91 Å². The molecule has 4 nitrogen and oxygen atoms in total. The van der Waals surface area contributed by atoms with Crippen LogP contribution in [-0.4, -0.2) is 25.7 Å².